The normalized spacial score (nSPS) is 10.8. The van der Waals surface area contributed by atoms with Gasteiger partial charge in [0.05, 0.1) is 0 Å². The van der Waals surface area contributed by atoms with Crippen molar-refractivity contribution in [1.82, 2.24) is 0 Å². The number of carbonyl (C=O) groups is 1. The molecule has 0 spiro atoms. The molecule has 0 saturated carbocycles. The van der Waals surface area contributed by atoms with Crippen LogP contribution in [0.5, 0.6) is 17.2 Å². The number of aromatic hydroxyl groups is 3. The van der Waals surface area contributed by atoms with Crippen molar-refractivity contribution < 1.29 is 25.2 Å². The first-order valence-electron chi connectivity index (χ1n) is 5.74. The molecule has 0 unspecified atom stereocenters. The van der Waals surface area contributed by atoms with E-state index in [1.807, 2.05) is 0 Å². The van der Waals surface area contributed by atoms with Crippen molar-refractivity contribution in [2.45, 2.75) is 0 Å². The summed E-state index contributed by atoms with van der Waals surface area (Å²) < 4.78 is 0. The number of hydrogen-bond donors (Lipinski definition) is 4. The van der Waals surface area contributed by atoms with Gasteiger partial charge in [0.15, 0.2) is 0 Å². The molecular weight excluding hydrogens is 260 g/mol. The van der Waals surface area contributed by atoms with Gasteiger partial charge >= 0.3 is 5.97 Å². The number of aromatic carboxylic acids is 1. The van der Waals surface area contributed by atoms with Crippen molar-refractivity contribution >= 4 is 18.1 Å². The summed E-state index contributed by atoms with van der Waals surface area (Å²) in [6.07, 6.45) is 3.13. The third-order valence-corrected chi connectivity index (χ3v) is 2.72. The lowest BCUT2D eigenvalue weighted by Gasteiger charge is -2.02. The van der Waals surface area contributed by atoms with Crippen LogP contribution < -0.4 is 0 Å². The average Bonchev–Trinajstić information content (AvgIpc) is 2.39. The first-order valence-corrected chi connectivity index (χ1v) is 5.74. The molecule has 0 amide bonds. The monoisotopic (exact) mass is 272 g/mol. The lowest BCUT2D eigenvalue weighted by atomic mass is 10.1. The van der Waals surface area contributed by atoms with Crippen LogP contribution in [-0.2, 0) is 0 Å². The quantitative estimate of drug-likeness (QED) is 0.508. The largest absolute Gasteiger partial charge is 0.508 e. The predicted molar refractivity (Wildman–Crippen MR) is 73.8 cm³/mol. The molecule has 0 fully saturated rings. The van der Waals surface area contributed by atoms with E-state index in [-0.39, 0.29) is 22.8 Å². The Balaban J connectivity index is 2.30. The molecule has 2 aromatic rings. The fourth-order valence-electron chi connectivity index (χ4n) is 1.69. The van der Waals surface area contributed by atoms with E-state index < -0.39 is 5.97 Å². The van der Waals surface area contributed by atoms with Gasteiger partial charge < -0.3 is 20.4 Å². The van der Waals surface area contributed by atoms with Crippen molar-refractivity contribution in [3.05, 3.63) is 53.1 Å². The Labute approximate surface area is 114 Å². The average molecular weight is 272 g/mol. The van der Waals surface area contributed by atoms with E-state index in [1.54, 1.807) is 12.2 Å². The van der Waals surface area contributed by atoms with Crippen LogP contribution in [-0.4, -0.2) is 26.4 Å². The highest BCUT2D eigenvalue weighted by Gasteiger charge is 2.08. The molecular formula is C15H12O5. The minimum absolute atomic E-state index is 0.00503. The van der Waals surface area contributed by atoms with Crippen molar-refractivity contribution in [2.24, 2.45) is 0 Å². The number of carboxylic acids is 1. The number of phenols is 3. The molecule has 0 aliphatic rings. The second-order valence-electron chi connectivity index (χ2n) is 4.16. The maximum absolute atomic E-state index is 10.8. The van der Waals surface area contributed by atoms with Gasteiger partial charge in [0.2, 0.25) is 0 Å². The minimum Gasteiger partial charge on any atom is -0.508 e. The van der Waals surface area contributed by atoms with E-state index in [2.05, 4.69) is 0 Å². The molecule has 5 nitrogen and oxygen atoms in total. The van der Waals surface area contributed by atoms with Gasteiger partial charge in [0.25, 0.3) is 0 Å². The number of benzene rings is 2. The first-order chi connectivity index (χ1) is 9.47. The zero-order chi connectivity index (χ0) is 14.7. The van der Waals surface area contributed by atoms with Crippen molar-refractivity contribution in [1.29, 1.82) is 0 Å². The summed E-state index contributed by atoms with van der Waals surface area (Å²) in [5.74, 6) is -1.51. The molecule has 102 valence electrons. The maximum atomic E-state index is 10.8. The van der Waals surface area contributed by atoms with Crippen molar-refractivity contribution in [2.75, 3.05) is 0 Å². The molecule has 0 aliphatic carbocycles. The van der Waals surface area contributed by atoms with Gasteiger partial charge in [-0.05, 0) is 35.9 Å². The van der Waals surface area contributed by atoms with Crippen molar-refractivity contribution in [3.63, 3.8) is 0 Å². The molecule has 4 N–H and O–H groups in total. The first kappa shape index (κ1) is 13.5. The van der Waals surface area contributed by atoms with Crippen LogP contribution in [0.1, 0.15) is 21.5 Å². The second kappa shape index (κ2) is 5.36. The lowest BCUT2D eigenvalue weighted by molar-refractivity contribution is 0.0693. The number of rotatable bonds is 3. The smallest absolute Gasteiger partial charge is 0.339 e. The molecule has 5 heteroatoms. The minimum atomic E-state index is -1.20. The van der Waals surface area contributed by atoms with Crippen LogP contribution in [0.25, 0.3) is 12.2 Å². The second-order valence-corrected chi connectivity index (χ2v) is 4.16. The molecule has 20 heavy (non-hydrogen) atoms. The van der Waals surface area contributed by atoms with Gasteiger partial charge in [-0.25, -0.2) is 4.79 Å². The van der Waals surface area contributed by atoms with Crippen LogP contribution in [0, 0.1) is 0 Å². The highest BCUT2D eigenvalue weighted by molar-refractivity contribution is 5.91. The predicted octanol–water partition coefficient (Wildman–Crippen LogP) is 2.67. The van der Waals surface area contributed by atoms with E-state index in [1.165, 1.54) is 36.4 Å². The summed E-state index contributed by atoms with van der Waals surface area (Å²) >= 11 is 0. The standard InChI is InChI=1S/C15H12O5/c16-11-4-6-13(17)10(8-11)3-1-9-2-5-12(15(19)20)14(18)7-9/h1-8,16-18H,(H,19,20)/b3-1+. The zero-order valence-corrected chi connectivity index (χ0v) is 10.3. The van der Waals surface area contributed by atoms with Gasteiger partial charge in [0, 0.05) is 5.56 Å². The van der Waals surface area contributed by atoms with Gasteiger partial charge in [-0.3, -0.25) is 0 Å². The zero-order valence-electron chi connectivity index (χ0n) is 10.3. The fraction of sp³-hybridized carbons (Fsp3) is 0. The van der Waals surface area contributed by atoms with Crippen LogP contribution >= 0.6 is 0 Å². The van der Waals surface area contributed by atoms with Gasteiger partial charge in [-0.2, -0.15) is 0 Å². The molecule has 2 rings (SSSR count). The Bertz CT molecular complexity index is 689. The van der Waals surface area contributed by atoms with Crippen molar-refractivity contribution in [3.8, 4) is 17.2 Å². The topological polar surface area (TPSA) is 98.0 Å². The molecule has 0 heterocycles. The summed E-state index contributed by atoms with van der Waals surface area (Å²) in [4.78, 5) is 10.8. The molecule has 0 saturated heterocycles. The van der Waals surface area contributed by atoms with Crippen LogP contribution in [0.3, 0.4) is 0 Å². The molecule has 0 radical (unpaired) electrons. The van der Waals surface area contributed by atoms with Crippen LogP contribution in [0.2, 0.25) is 0 Å². The summed E-state index contributed by atoms with van der Waals surface area (Å²) in [5, 5.41) is 37.3. The van der Waals surface area contributed by atoms with Crippen LogP contribution in [0.4, 0.5) is 0 Å². The van der Waals surface area contributed by atoms with E-state index in [4.69, 9.17) is 5.11 Å². The van der Waals surface area contributed by atoms with E-state index >= 15 is 0 Å². The van der Waals surface area contributed by atoms with Gasteiger partial charge in [0.1, 0.15) is 22.8 Å². The number of hydrogen-bond acceptors (Lipinski definition) is 4. The molecule has 0 bridgehead atoms. The number of phenolic OH excluding ortho intramolecular Hbond substituents is 2. The van der Waals surface area contributed by atoms with E-state index in [0.717, 1.165) is 0 Å². The molecule has 2 aromatic carbocycles. The molecule has 0 aliphatic heterocycles. The Kier molecular flexibility index (Phi) is 3.61. The Hall–Kier alpha value is -2.95. The van der Waals surface area contributed by atoms with E-state index in [0.29, 0.717) is 11.1 Å². The lowest BCUT2D eigenvalue weighted by Crippen LogP contribution is -1.96. The summed E-state index contributed by atoms with van der Waals surface area (Å²) in [5.41, 5.74) is 0.796. The third kappa shape index (κ3) is 2.89. The summed E-state index contributed by atoms with van der Waals surface area (Å²) in [7, 11) is 0. The Morgan fingerprint density at radius 2 is 1.65 bits per heavy atom. The van der Waals surface area contributed by atoms with Gasteiger partial charge in [-0.15, -0.1) is 0 Å². The van der Waals surface area contributed by atoms with Gasteiger partial charge in [-0.1, -0.05) is 18.2 Å². The highest BCUT2D eigenvalue weighted by Crippen LogP contribution is 2.25. The van der Waals surface area contributed by atoms with E-state index in [9.17, 15) is 20.1 Å². The summed E-state index contributed by atoms with van der Waals surface area (Å²) in [6.45, 7) is 0. The maximum Gasteiger partial charge on any atom is 0.339 e. The fourth-order valence-corrected chi connectivity index (χ4v) is 1.69. The Morgan fingerprint density at radius 1 is 0.900 bits per heavy atom. The highest BCUT2D eigenvalue weighted by atomic mass is 16.4. The van der Waals surface area contributed by atoms with Crippen LogP contribution in [0.15, 0.2) is 36.4 Å². The third-order valence-electron chi connectivity index (χ3n) is 2.72. The Morgan fingerprint density at radius 3 is 2.30 bits per heavy atom. The summed E-state index contributed by atoms with van der Waals surface area (Å²) in [6, 6.07) is 8.23. The SMILES string of the molecule is O=C(O)c1ccc(/C=C/c2cc(O)ccc2O)cc1O. The molecule has 0 aromatic heterocycles. The molecule has 0 atom stereocenters. The number of carboxylic acid groups (broad SMARTS) is 1.